The van der Waals surface area contributed by atoms with Gasteiger partial charge in [0.1, 0.15) is 0 Å². The normalized spacial score (nSPS) is 9.28. The summed E-state index contributed by atoms with van der Waals surface area (Å²) in [5, 5.41) is 5.07. The van der Waals surface area contributed by atoms with E-state index in [1.807, 2.05) is 36.4 Å². The Morgan fingerprint density at radius 2 is 1.42 bits per heavy atom. The number of aromatic amines is 2. The lowest BCUT2D eigenvalue weighted by atomic mass is 10.3. The van der Waals surface area contributed by atoms with Gasteiger partial charge in [0.15, 0.2) is 0 Å². The highest BCUT2D eigenvalue weighted by Crippen LogP contribution is 2.07. The van der Waals surface area contributed by atoms with Crippen LogP contribution in [-0.2, 0) is 4.79 Å². The molecule has 0 aliphatic carbocycles. The Morgan fingerprint density at radius 1 is 0.861 bits per heavy atom. The third-order valence-electron chi connectivity index (χ3n) is 3.95. The van der Waals surface area contributed by atoms with Gasteiger partial charge in [0.2, 0.25) is 18.0 Å². The zero-order valence-corrected chi connectivity index (χ0v) is 19.5. The van der Waals surface area contributed by atoms with Gasteiger partial charge in [-0.2, -0.15) is 4.99 Å². The van der Waals surface area contributed by atoms with Gasteiger partial charge in [0.25, 0.3) is 11.1 Å². The van der Waals surface area contributed by atoms with Crippen LogP contribution >= 0.6 is 0 Å². The van der Waals surface area contributed by atoms with Crippen molar-refractivity contribution >= 4 is 35.4 Å². The van der Waals surface area contributed by atoms with Crippen molar-refractivity contribution in [1.29, 1.82) is 0 Å². The molecule has 6 N–H and O–H groups in total. The fourth-order valence-electron chi connectivity index (χ4n) is 2.59. The number of aryl methyl sites for hydroxylation is 2. The fourth-order valence-corrected chi connectivity index (χ4v) is 2.59. The number of isocyanates is 1. The van der Waals surface area contributed by atoms with Gasteiger partial charge in [-0.3, -0.25) is 24.9 Å². The number of carbonyl (C=O) groups excluding carboxylic acids is 2. The first-order valence-electron chi connectivity index (χ1n) is 10.4. The molecule has 0 radical (unpaired) electrons. The smallest absolute Gasteiger partial charge is 0.326 e. The molecular weight excluding hydrogens is 464 g/mol. The average Bonchev–Trinajstić information content (AvgIpc) is 2.80. The van der Waals surface area contributed by atoms with Gasteiger partial charge in [-0.05, 0) is 38.1 Å². The van der Waals surface area contributed by atoms with E-state index in [2.05, 4.69) is 35.6 Å². The Hall–Kier alpha value is -5.35. The van der Waals surface area contributed by atoms with Crippen molar-refractivity contribution in [2.75, 3.05) is 16.4 Å². The Morgan fingerprint density at radius 3 is 1.94 bits per heavy atom. The topological polar surface area (TPSA) is 188 Å². The summed E-state index contributed by atoms with van der Waals surface area (Å²) in [5.41, 5.74) is 7.15. The maximum atomic E-state index is 11.6. The molecule has 0 unspecified atom stereocenters. The highest BCUT2D eigenvalue weighted by Gasteiger charge is 2.04. The lowest BCUT2D eigenvalue weighted by Gasteiger charge is -2.06. The predicted molar refractivity (Wildman–Crippen MR) is 137 cm³/mol. The monoisotopic (exact) mass is 488 g/mol. The molecule has 4 aromatic rings. The fraction of sp³-hybridized carbons (Fsp3) is 0.0833. The molecule has 0 bridgehead atoms. The second-order valence-electron chi connectivity index (χ2n) is 6.99. The number of rotatable bonds is 3. The lowest BCUT2D eigenvalue weighted by molar-refractivity contribution is 0.262. The van der Waals surface area contributed by atoms with Crippen LogP contribution in [0.15, 0.2) is 87.4 Å². The summed E-state index contributed by atoms with van der Waals surface area (Å²) in [6.45, 7) is 3.39. The summed E-state index contributed by atoms with van der Waals surface area (Å²) in [6, 6.07) is 20.2. The van der Waals surface area contributed by atoms with E-state index in [-0.39, 0.29) is 23.0 Å². The highest BCUT2D eigenvalue weighted by atomic mass is 16.2. The molecule has 0 aliphatic heterocycles. The number of nitrogens with zero attached hydrogens (tertiary/aromatic N) is 3. The number of amides is 2. The molecule has 12 heteroatoms. The zero-order valence-electron chi connectivity index (χ0n) is 19.5. The van der Waals surface area contributed by atoms with Gasteiger partial charge < -0.3 is 11.1 Å². The molecule has 0 spiro atoms. The van der Waals surface area contributed by atoms with Crippen molar-refractivity contribution in [3.63, 3.8) is 0 Å². The van der Waals surface area contributed by atoms with Gasteiger partial charge in [0, 0.05) is 29.2 Å². The number of nitrogens with one attached hydrogen (secondary N) is 4. The largest absolute Gasteiger partial charge is 0.369 e. The number of aromatic nitrogens is 4. The second-order valence-corrected chi connectivity index (χ2v) is 6.99. The molecule has 4 rings (SSSR count). The Kier molecular flexibility index (Phi) is 10.5. The molecule has 0 fully saturated rings. The third-order valence-corrected chi connectivity index (χ3v) is 3.95. The molecule has 0 aliphatic rings. The molecule has 184 valence electrons. The number of urea groups is 1. The molecule has 2 amide bonds. The van der Waals surface area contributed by atoms with Crippen molar-refractivity contribution in [2.45, 2.75) is 13.8 Å². The van der Waals surface area contributed by atoms with Crippen LogP contribution < -0.4 is 27.5 Å². The summed E-state index contributed by atoms with van der Waals surface area (Å²) in [5.74, 6) is 0.286. The predicted octanol–water partition coefficient (Wildman–Crippen LogP) is 3.04. The van der Waals surface area contributed by atoms with Crippen LogP contribution in [-0.4, -0.2) is 32.0 Å². The molecule has 36 heavy (non-hydrogen) atoms. The van der Waals surface area contributed by atoms with E-state index in [1.54, 1.807) is 38.1 Å². The summed E-state index contributed by atoms with van der Waals surface area (Å²) in [6.07, 6.45) is 1.46. The standard InChI is InChI=1S/C12H12N4O2.C7H5NO.C5H7N3O/c1-8-7-10(17)15-11(13-8)16-12(18)14-9-5-3-2-4-6-9;9-6-8-7-4-2-1-3-5-7;1-3-2-4(9)8-5(6)7-3/h2-7H,1H3,(H3,13,14,15,16,17,18);1-5H;2H,1H3,(H3,6,7,8,9). The zero-order chi connectivity index (χ0) is 26.3. The van der Waals surface area contributed by atoms with Crippen LogP contribution in [0.1, 0.15) is 11.4 Å². The van der Waals surface area contributed by atoms with Gasteiger partial charge in [-0.15, -0.1) is 0 Å². The number of hydrogen-bond donors (Lipinski definition) is 5. The van der Waals surface area contributed by atoms with Crippen molar-refractivity contribution in [1.82, 2.24) is 19.9 Å². The van der Waals surface area contributed by atoms with E-state index in [0.29, 0.717) is 22.8 Å². The van der Waals surface area contributed by atoms with Crippen LogP contribution in [0.25, 0.3) is 0 Å². The molecule has 2 aromatic carbocycles. The maximum Gasteiger partial charge on any atom is 0.326 e. The number of anilines is 3. The average molecular weight is 489 g/mol. The lowest BCUT2D eigenvalue weighted by Crippen LogP contribution is -2.23. The molecule has 0 atom stereocenters. The SMILES string of the molecule is Cc1cc(=O)[nH]c(N)n1.Cc1cc(=O)[nH]c(NC(=O)Nc2ccccc2)n1.O=C=Nc1ccccc1. The first-order valence-corrected chi connectivity index (χ1v) is 10.4. The minimum absolute atomic E-state index is 0.119. The van der Waals surface area contributed by atoms with Gasteiger partial charge in [-0.25, -0.2) is 19.6 Å². The first-order chi connectivity index (χ1) is 17.2. The minimum atomic E-state index is -0.463. The molecule has 12 nitrogen and oxygen atoms in total. The van der Waals surface area contributed by atoms with Crippen LogP contribution in [0.2, 0.25) is 0 Å². The van der Waals surface area contributed by atoms with Gasteiger partial charge in [0.05, 0.1) is 5.69 Å². The van der Waals surface area contributed by atoms with E-state index in [0.717, 1.165) is 0 Å². The van der Waals surface area contributed by atoms with Crippen molar-refractivity contribution in [3.05, 3.63) is 105 Å². The minimum Gasteiger partial charge on any atom is -0.369 e. The van der Waals surface area contributed by atoms with E-state index < -0.39 is 6.03 Å². The van der Waals surface area contributed by atoms with Crippen molar-refractivity contribution < 1.29 is 9.59 Å². The van der Waals surface area contributed by atoms with Crippen LogP contribution in [0.4, 0.5) is 28.1 Å². The van der Waals surface area contributed by atoms with Gasteiger partial charge >= 0.3 is 6.03 Å². The van der Waals surface area contributed by atoms with Gasteiger partial charge in [-0.1, -0.05) is 36.4 Å². The summed E-state index contributed by atoms with van der Waals surface area (Å²) in [4.78, 5) is 58.9. The highest BCUT2D eigenvalue weighted by molar-refractivity contribution is 5.98. The third kappa shape index (κ3) is 10.5. The van der Waals surface area contributed by atoms with E-state index in [1.165, 1.54) is 18.2 Å². The summed E-state index contributed by atoms with van der Waals surface area (Å²) >= 11 is 0. The van der Waals surface area contributed by atoms with E-state index in [9.17, 15) is 19.2 Å². The molecular formula is C24H24N8O4. The van der Waals surface area contributed by atoms with E-state index >= 15 is 0 Å². The maximum absolute atomic E-state index is 11.6. The van der Waals surface area contributed by atoms with Crippen molar-refractivity contribution in [3.8, 4) is 0 Å². The number of para-hydroxylation sites is 2. The number of nitrogen functional groups attached to an aromatic ring is 1. The quantitative estimate of drug-likeness (QED) is 0.216. The first kappa shape index (κ1) is 26.9. The number of carbonyl (C=O) groups is 1. The molecule has 2 aromatic heterocycles. The van der Waals surface area contributed by atoms with E-state index in [4.69, 9.17) is 5.73 Å². The Labute approximate surface area is 205 Å². The van der Waals surface area contributed by atoms with Crippen LogP contribution in [0, 0.1) is 13.8 Å². The molecule has 2 heterocycles. The van der Waals surface area contributed by atoms with Crippen LogP contribution in [0.5, 0.6) is 0 Å². The Balaban J connectivity index is 0.000000212. The Bertz CT molecular complexity index is 1410. The number of benzene rings is 2. The number of nitrogens with two attached hydrogens (primary N) is 1. The number of hydrogen-bond acceptors (Lipinski definition) is 8. The summed E-state index contributed by atoms with van der Waals surface area (Å²) < 4.78 is 0. The van der Waals surface area contributed by atoms with Crippen molar-refractivity contribution in [2.24, 2.45) is 4.99 Å². The summed E-state index contributed by atoms with van der Waals surface area (Å²) in [7, 11) is 0. The molecule has 0 saturated heterocycles. The number of H-pyrrole nitrogens is 2. The molecule has 0 saturated carbocycles. The number of aliphatic imine (C=N–C) groups is 1. The second kappa shape index (κ2) is 14.0. The van der Waals surface area contributed by atoms with Crippen LogP contribution in [0.3, 0.4) is 0 Å².